The van der Waals surface area contributed by atoms with Gasteiger partial charge in [-0.3, -0.25) is 0 Å². The Morgan fingerprint density at radius 3 is 2.29 bits per heavy atom. The fourth-order valence-corrected chi connectivity index (χ4v) is 1.84. The second-order valence-corrected chi connectivity index (χ2v) is 4.48. The van der Waals surface area contributed by atoms with Crippen molar-refractivity contribution in [2.45, 2.75) is 26.2 Å². The average molecular weight is 246 g/mol. The van der Waals surface area contributed by atoms with E-state index in [-0.39, 0.29) is 0 Å². The molecule has 104 valence electrons. The van der Waals surface area contributed by atoms with Crippen molar-refractivity contribution in [3.63, 3.8) is 0 Å². The van der Waals surface area contributed by atoms with E-state index in [1.54, 1.807) is 14.2 Å². The van der Waals surface area contributed by atoms with E-state index in [0.717, 1.165) is 45.8 Å². The van der Waals surface area contributed by atoms with E-state index in [9.17, 15) is 0 Å². The first kappa shape index (κ1) is 16.8. The van der Waals surface area contributed by atoms with Gasteiger partial charge < -0.3 is 20.1 Å². The summed E-state index contributed by atoms with van der Waals surface area (Å²) in [4.78, 5) is 2.45. The topological polar surface area (TPSA) is 47.7 Å². The van der Waals surface area contributed by atoms with Crippen LogP contribution in [0.4, 0.5) is 0 Å². The van der Waals surface area contributed by atoms with Crippen LogP contribution >= 0.6 is 0 Å². The van der Waals surface area contributed by atoms with E-state index in [1.807, 2.05) is 0 Å². The number of hydrogen-bond donors (Lipinski definition) is 1. The number of hydrogen-bond acceptors (Lipinski definition) is 4. The minimum atomic E-state index is 0.655. The molecule has 0 rings (SSSR count). The largest absolute Gasteiger partial charge is 0.385 e. The molecule has 1 unspecified atom stereocenters. The molecule has 2 N–H and O–H groups in total. The van der Waals surface area contributed by atoms with Crippen LogP contribution in [0, 0.1) is 5.92 Å². The van der Waals surface area contributed by atoms with Crippen molar-refractivity contribution >= 4 is 0 Å². The first-order valence-corrected chi connectivity index (χ1v) is 6.68. The lowest BCUT2D eigenvalue weighted by Crippen LogP contribution is -2.32. The first-order valence-electron chi connectivity index (χ1n) is 6.68. The van der Waals surface area contributed by atoms with Crippen LogP contribution in [0.5, 0.6) is 0 Å². The Balaban J connectivity index is 3.82. The van der Waals surface area contributed by atoms with E-state index in [1.165, 1.54) is 12.8 Å². The maximum atomic E-state index is 5.73. The average Bonchev–Trinajstić information content (AvgIpc) is 2.36. The van der Waals surface area contributed by atoms with Crippen LogP contribution in [0.2, 0.25) is 0 Å². The summed E-state index contributed by atoms with van der Waals surface area (Å²) < 4.78 is 10.2. The smallest absolute Gasteiger partial charge is 0.0589 e. The van der Waals surface area contributed by atoms with Crippen molar-refractivity contribution in [2.24, 2.45) is 11.7 Å². The predicted molar refractivity (Wildman–Crippen MR) is 72.3 cm³/mol. The molecule has 0 aliphatic carbocycles. The fourth-order valence-electron chi connectivity index (χ4n) is 1.84. The molecule has 0 aromatic rings. The SMILES string of the molecule is CCC(CN)CCN(CCCOC)CCOC. The molecule has 0 aromatic heterocycles. The Hall–Kier alpha value is -0.160. The summed E-state index contributed by atoms with van der Waals surface area (Å²) in [7, 11) is 3.50. The molecule has 0 aliphatic heterocycles. The van der Waals surface area contributed by atoms with E-state index < -0.39 is 0 Å². The predicted octanol–water partition coefficient (Wildman–Crippen LogP) is 1.35. The monoisotopic (exact) mass is 246 g/mol. The zero-order chi connectivity index (χ0) is 12.9. The highest BCUT2D eigenvalue weighted by molar-refractivity contribution is 4.64. The highest BCUT2D eigenvalue weighted by atomic mass is 16.5. The van der Waals surface area contributed by atoms with E-state index in [4.69, 9.17) is 15.2 Å². The maximum Gasteiger partial charge on any atom is 0.0589 e. The number of ether oxygens (including phenoxy) is 2. The second-order valence-electron chi connectivity index (χ2n) is 4.48. The van der Waals surface area contributed by atoms with Gasteiger partial charge in [0.15, 0.2) is 0 Å². The van der Waals surface area contributed by atoms with Gasteiger partial charge in [0.25, 0.3) is 0 Å². The van der Waals surface area contributed by atoms with Gasteiger partial charge >= 0.3 is 0 Å². The Labute approximate surface area is 106 Å². The third-order valence-corrected chi connectivity index (χ3v) is 3.20. The molecule has 0 fully saturated rings. The van der Waals surface area contributed by atoms with Crippen molar-refractivity contribution in [1.82, 2.24) is 4.90 Å². The van der Waals surface area contributed by atoms with Gasteiger partial charge in [0.2, 0.25) is 0 Å². The molecule has 0 aliphatic rings. The third kappa shape index (κ3) is 9.53. The molecular formula is C13H30N2O2. The number of methoxy groups -OCH3 is 2. The van der Waals surface area contributed by atoms with Crippen molar-refractivity contribution in [3.8, 4) is 0 Å². The molecule has 0 amide bonds. The number of nitrogens with zero attached hydrogens (tertiary/aromatic N) is 1. The quantitative estimate of drug-likeness (QED) is 0.528. The van der Waals surface area contributed by atoms with Crippen molar-refractivity contribution in [3.05, 3.63) is 0 Å². The number of rotatable bonds is 12. The standard InChI is InChI=1S/C13H30N2O2/c1-4-13(12-14)6-8-15(9-11-17-3)7-5-10-16-2/h13H,4-12,14H2,1-3H3. The first-order chi connectivity index (χ1) is 8.28. The van der Waals surface area contributed by atoms with Crippen LogP contribution in [-0.4, -0.2) is 58.5 Å². The summed E-state index contributed by atoms with van der Waals surface area (Å²) in [6.07, 6.45) is 3.44. The van der Waals surface area contributed by atoms with Gasteiger partial charge in [-0.05, 0) is 31.8 Å². The summed E-state index contributed by atoms with van der Waals surface area (Å²) in [5.41, 5.74) is 5.73. The van der Waals surface area contributed by atoms with Gasteiger partial charge in [0.05, 0.1) is 6.61 Å². The molecule has 4 heteroatoms. The van der Waals surface area contributed by atoms with Crippen molar-refractivity contribution < 1.29 is 9.47 Å². The van der Waals surface area contributed by atoms with E-state index in [2.05, 4.69) is 11.8 Å². The maximum absolute atomic E-state index is 5.73. The summed E-state index contributed by atoms with van der Waals surface area (Å²) in [5.74, 6) is 0.655. The molecule has 0 aromatic carbocycles. The molecule has 17 heavy (non-hydrogen) atoms. The highest BCUT2D eigenvalue weighted by Gasteiger charge is 2.08. The Bertz CT molecular complexity index is 152. The minimum absolute atomic E-state index is 0.655. The van der Waals surface area contributed by atoms with Gasteiger partial charge in [-0.25, -0.2) is 0 Å². The van der Waals surface area contributed by atoms with Gasteiger partial charge in [-0.2, -0.15) is 0 Å². The summed E-state index contributed by atoms with van der Waals surface area (Å²) >= 11 is 0. The second kappa shape index (κ2) is 12.3. The van der Waals surface area contributed by atoms with Crippen molar-refractivity contribution in [1.29, 1.82) is 0 Å². The van der Waals surface area contributed by atoms with Gasteiger partial charge in [0, 0.05) is 33.9 Å². The normalized spacial score (nSPS) is 13.2. The molecule has 1 atom stereocenters. The fraction of sp³-hybridized carbons (Fsp3) is 1.00. The van der Waals surface area contributed by atoms with Crippen LogP contribution in [0.15, 0.2) is 0 Å². The molecular weight excluding hydrogens is 216 g/mol. The Kier molecular flexibility index (Phi) is 12.2. The van der Waals surface area contributed by atoms with E-state index in [0.29, 0.717) is 5.92 Å². The van der Waals surface area contributed by atoms with Gasteiger partial charge in [0.1, 0.15) is 0 Å². The minimum Gasteiger partial charge on any atom is -0.385 e. The third-order valence-electron chi connectivity index (χ3n) is 3.20. The molecule has 0 heterocycles. The zero-order valence-electron chi connectivity index (χ0n) is 11.8. The molecule has 0 saturated heterocycles. The Morgan fingerprint density at radius 1 is 1.06 bits per heavy atom. The summed E-state index contributed by atoms with van der Waals surface area (Å²) in [6, 6.07) is 0. The number of nitrogens with two attached hydrogens (primary N) is 1. The van der Waals surface area contributed by atoms with Crippen LogP contribution in [0.1, 0.15) is 26.2 Å². The van der Waals surface area contributed by atoms with Crippen LogP contribution in [-0.2, 0) is 9.47 Å². The van der Waals surface area contributed by atoms with Crippen LogP contribution in [0.3, 0.4) is 0 Å². The summed E-state index contributed by atoms with van der Waals surface area (Å²) in [5, 5.41) is 0. The van der Waals surface area contributed by atoms with Gasteiger partial charge in [-0.1, -0.05) is 13.3 Å². The molecule has 0 radical (unpaired) electrons. The Morgan fingerprint density at radius 2 is 1.76 bits per heavy atom. The molecule has 0 saturated carbocycles. The lowest BCUT2D eigenvalue weighted by Gasteiger charge is -2.24. The highest BCUT2D eigenvalue weighted by Crippen LogP contribution is 2.07. The van der Waals surface area contributed by atoms with Crippen molar-refractivity contribution in [2.75, 3.05) is 53.6 Å². The van der Waals surface area contributed by atoms with Crippen LogP contribution < -0.4 is 5.73 Å². The molecule has 0 bridgehead atoms. The van der Waals surface area contributed by atoms with Gasteiger partial charge in [-0.15, -0.1) is 0 Å². The summed E-state index contributed by atoms with van der Waals surface area (Å²) in [6.45, 7) is 7.83. The van der Waals surface area contributed by atoms with E-state index >= 15 is 0 Å². The zero-order valence-corrected chi connectivity index (χ0v) is 11.8. The molecule has 4 nitrogen and oxygen atoms in total. The lowest BCUT2D eigenvalue weighted by molar-refractivity contribution is 0.129. The molecule has 0 spiro atoms. The lowest BCUT2D eigenvalue weighted by atomic mass is 10.0. The van der Waals surface area contributed by atoms with Crippen LogP contribution in [0.25, 0.3) is 0 Å².